The summed E-state index contributed by atoms with van der Waals surface area (Å²) in [7, 11) is 0. The first-order valence-electron chi connectivity index (χ1n) is 6.39. The predicted molar refractivity (Wildman–Crippen MR) is 80.0 cm³/mol. The molecular weight excluding hydrogens is 298 g/mol. The van der Waals surface area contributed by atoms with Gasteiger partial charge in [-0.15, -0.1) is 0 Å². The van der Waals surface area contributed by atoms with E-state index in [1.165, 1.54) is 12.1 Å². The van der Waals surface area contributed by atoms with E-state index in [1.807, 2.05) is 28.6 Å². The number of nitrogens with one attached hydrogen (secondary N) is 1. The third kappa shape index (κ3) is 2.96. The number of ether oxygens (including phenoxy) is 1. The normalized spacial score (nSPS) is 17.9. The van der Waals surface area contributed by atoms with Crippen LogP contribution in [0.1, 0.15) is 12.8 Å². The Kier molecular flexibility index (Phi) is 3.93. The van der Waals surface area contributed by atoms with E-state index >= 15 is 0 Å². The third-order valence-electron chi connectivity index (χ3n) is 3.10. The van der Waals surface area contributed by atoms with Gasteiger partial charge in [-0.1, -0.05) is 17.7 Å². The van der Waals surface area contributed by atoms with Gasteiger partial charge in [-0.2, -0.15) is 0 Å². The van der Waals surface area contributed by atoms with Crippen molar-refractivity contribution in [3.63, 3.8) is 0 Å². The molecule has 0 saturated carbocycles. The molecule has 2 heterocycles. The SMILES string of the molecule is O=C(OC1=CN(c2cccc(Cl)c2)SN1)N1CCCC1. The van der Waals surface area contributed by atoms with Crippen LogP contribution < -0.4 is 9.03 Å². The van der Waals surface area contributed by atoms with Crippen LogP contribution in [-0.4, -0.2) is 24.1 Å². The number of halogens is 1. The van der Waals surface area contributed by atoms with Crippen molar-refractivity contribution in [2.75, 3.05) is 17.4 Å². The molecule has 0 unspecified atom stereocenters. The highest BCUT2D eigenvalue weighted by molar-refractivity contribution is 7.99. The Bertz CT molecular complexity index is 546. The van der Waals surface area contributed by atoms with Gasteiger partial charge in [-0.25, -0.2) is 4.79 Å². The summed E-state index contributed by atoms with van der Waals surface area (Å²) in [5, 5.41) is 0.666. The molecule has 20 heavy (non-hydrogen) atoms. The van der Waals surface area contributed by atoms with Gasteiger partial charge in [0.1, 0.15) is 0 Å². The van der Waals surface area contributed by atoms with Gasteiger partial charge >= 0.3 is 6.09 Å². The minimum absolute atomic E-state index is 0.296. The van der Waals surface area contributed by atoms with Crippen molar-refractivity contribution < 1.29 is 9.53 Å². The summed E-state index contributed by atoms with van der Waals surface area (Å²) in [6.07, 6.45) is 3.54. The van der Waals surface area contributed by atoms with Gasteiger partial charge in [0, 0.05) is 18.1 Å². The highest BCUT2D eigenvalue weighted by Gasteiger charge is 2.23. The molecule has 106 valence electrons. The van der Waals surface area contributed by atoms with Gasteiger partial charge in [0.05, 0.1) is 24.0 Å². The number of benzene rings is 1. The van der Waals surface area contributed by atoms with Crippen LogP contribution >= 0.6 is 23.7 Å². The molecule has 1 fully saturated rings. The van der Waals surface area contributed by atoms with E-state index in [0.29, 0.717) is 10.9 Å². The van der Waals surface area contributed by atoms with Crippen molar-refractivity contribution in [3.05, 3.63) is 41.4 Å². The topological polar surface area (TPSA) is 44.8 Å². The lowest BCUT2D eigenvalue weighted by Gasteiger charge is -2.14. The number of likely N-dealkylation sites (tertiary alicyclic amines) is 1. The highest BCUT2D eigenvalue weighted by atomic mass is 35.5. The molecule has 3 rings (SSSR count). The molecule has 1 aromatic carbocycles. The largest absolute Gasteiger partial charge is 0.416 e. The molecule has 0 aromatic heterocycles. The molecule has 1 amide bonds. The van der Waals surface area contributed by atoms with Gasteiger partial charge < -0.3 is 9.64 Å². The van der Waals surface area contributed by atoms with E-state index in [0.717, 1.165) is 31.6 Å². The van der Waals surface area contributed by atoms with Crippen LogP contribution in [0.25, 0.3) is 0 Å². The molecule has 5 nitrogen and oxygen atoms in total. The molecule has 1 saturated heterocycles. The number of amides is 1. The maximum atomic E-state index is 11.9. The summed E-state index contributed by atoms with van der Waals surface area (Å²) in [5.41, 5.74) is 0.919. The molecule has 1 N–H and O–H groups in total. The molecule has 0 bridgehead atoms. The van der Waals surface area contributed by atoms with Gasteiger partial charge in [-0.05, 0) is 31.0 Å². The van der Waals surface area contributed by atoms with Crippen molar-refractivity contribution in [3.8, 4) is 0 Å². The zero-order chi connectivity index (χ0) is 13.9. The Morgan fingerprint density at radius 3 is 2.90 bits per heavy atom. The second-order valence-corrected chi connectivity index (χ2v) is 5.77. The van der Waals surface area contributed by atoms with E-state index in [9.17, 15) is 4.79 Å². The van der Waals surface area contributed by atoms with Crippen LogP contribution in [0.15, 0.2) is 36.3 Å². The lowest BCUT2D eigenvalue weighted by molar-refractivity contribution is 0.135. The average molecular weight is 312 g/mol. The molecule has 2 aliphatic rings. The zero-order valence-electron chi connectivity index (χ0n) is 10.7. The van der Waals surface area contributed by atoms with Crippen molar-refractivity contribution in [1.82, 2.24) is 9.62 Å². The number of carbonyl (C=O) groups is 1. The Labute approximate surface area is 126 Å². The van der Waals surface area contributed by atoms with Gasteiger partial charge in [0.25, 0.3) is 0 Å². The highest BCUT2D eigenvalue weighted by Crippen LogP contribution is 2.29. The summed E-state index contributed by atoms with van der Waals surface area (Å²) >= 11 is 7.29. The summed E-state index contributed by atoms with van der Waals surface area (Å²) in [4.78, 5) is 13.6. The quantitative estimate of drug-likeness (QED) is 0.849. The minimum Gasteiger partial charge on any atom is -0.391 e. The van der Waals surface area contributed by atoms with E-state index < -0.39 is 0 Å². The molecular formula is C13H14ClN3O2S. The number of carbonyl (C=O) groups excluding carboxylic acids is 1. The molecule has 0 aliphatic carbocycles. The second-order valence-electron chi connectivity index (χ2n) is 4.55. The first-order chi connectivity index (χ1) is 9.72. The molecule has 0 atom stereocenters. The first kappa shape index (κ1) is 13.5. The van der Waals surface area contributed by atoms with E-state index in [-0.39, 0.29) is 6.09 Å². The van der Waals surface area contributed by atoms with E-state index in [4.69, 9.17) is 16.3 Å². The lowest BCUT2D eigenvalue weighted by Crippen LogP contribution is -2.29. The first-order valence-corrected chi connectivity index (χ1v) is 7.54. The minimum atomic E-state index is -0.296. The second kappa shape index (κ2) is 5.85. The summed E-state index contributed by atoms with van der Waals surface area (Å²) in [6.45, 7) is 1.55. The standard InChI is InChI=1S/C13H14ClN3O2S/c14-10-4-3-5-11(8-10)17-9-12(15-20-17)19-13(18)16-6-1-2-7-16/h3-5,8-9,15H,1-2,6-7H2. The third-order valence-corrected chi connectivity index (χ3v) is 4.14. The fourth-order valence-electron chi connectivity index (χ4n) is 2.10. The predicted octanol–water partition coefficient (Wildman–Crippen LogP) is 3.34. The van der Waals surface area contributed by atoms with Crippen molar-refractivity contribution in [2.24, 2.45) is 0 Å². The summed E-state index contributed by atoms with van der Waals surface area (Å²) in [6, 6.07) is 7.47. The van der Waals surface area contributed by atoms with Crippen molar-refractivity contribution in [1.29, 1.82) is 0 Å². The van der Waals surface area contributed by atoms with Crippen molar-refractivity contribution in [2.45, 2.75) is 12.8 Å². The van der Waals surface area contributed by atoms with Crippen LogP contribution in [0.3, 0.4) is 0 Å². The maximum Gasteiger partial charge on any atom is 0.416 e. The van der Waals surface area contributed by atoms with Gasteiger partial charge in [-0.3, -0.25) is 9.03 Å². The summed E-state index contributed by atoms with van der Waals surface area (Å²) < 4.78 is 10.1. The Morgan fingerprint density at radius 1 is 1.35 bits per heavy atom. The van der Waals surface area contributed by atoms with Crippen LogP contribution in [0, 0.1) is 0 Å². The van der Waals surface area contributed by atoms with E-state index in [1.54, 1.807) is 11.1 Å². The molecule has 0 spiro atoms. The monoisotopic (exact) mass is 311 g/mol. The average Bonchev–Trinajstić information content (AvgIpc) is 3.10. The van der Waals surface area contributed by atoms with Gasteiger partial charge in [0.15, 0.2) is 0 Å². The molecule has 7 heteroatoms. The molecule has 2 aliphatic heterocycles. The van der Waals surface area contributed by atoms with Crippen LogP contribution in [0.2, 0.25) is 5.02 Å². The maximum absolute atomic E-state index is 11.9. The fourth-order valence-corrected chi connectivity index (χ4v) is 2.93. The Hall–Kier alpha value is -1.53. The van der Waals surface area contributed by atoms with Crippen molar-refractivity contribution >= 4 is 35.5 Å². The Balaban J connectivity index is 1.64. The number of anilines is 1. The fraction of sp³-hybridized carbons (Fsp3) is 0.308. The molecule has 0 radical (unpaired) electrons. The van der Waals surface area contributed by atoms with E-state index in [2.05, 4.69) is 4.72 Å². The smallest absolute Gasteiger partial charge is 0.391 e. The van der Waals surface area contributed by atoms with Crippen LogP contribution in [0.5, 0.6) is 0 Å². The van der Waals surface area contributed by atoms with Gasteiger partial charge in [0.2, 0.25) is 5.88 Å². The number of rotatable bonds is 2. The summed E-state index contributed by atoms with van der Waals surface area (Å²) in [5.74, 6) is 0.437. The van der Waals surface area contributed by atoms with Crippen LogP contribution in [0.4, 0.5) is 10.5 Å². The molecule has 1 aromatic rings. The zero-order valence-corrected chi connectivity index (χ0v) is 12.3. The number of nitrogens with zero attached hydrogens (tertiary/aromatic N) is 2. The number of hydrogen-bond donors (Lipinski definition) is 1. The lowest BCUT2D eigenvalue weighted by atomic mass is 10.3. The number of hydrogen-bond acceptors (Lipinski definition) is 5. The van der Waals surface area contributed by atoms with Crippen LogP contribution in [-0.2, 0) is 4.74 Å². The Morgan fingerprint density at radius 2 is 2.15 bits per heavy atom.